The smallest absolute Gasteiger partial charge is 0.160 e. The normalized spacial score (nSPS) is 10.0. The summed E-state index contributed by atoms with van der Waals surface area (Å²) in [5.74, 6) is 0. The molecule has 0 spiro atoms. The number of aldehydes is 1. The number of benzene rings is 1. The van der Waals surface area contributed by atoms with E-state index in [1.807, 2.05) is 36.4 Å². The molecule has 70 valence electrons. The van der Waals surface area contributed by atoms with E-state index in [0.29, 0.717) is 9.88 Å². The van der Waals surface area contributed by atoms with Gasteiger partial charge in [0.05, 0.1) is 9.88 Å². The molecule has 0 aliphatic carbocycles. The van der Waals surface area contributed by atoms with Crippen LogP contribution in [0, 0.1) is 0 Å². The SMILES string of the molecule is Nc1sc(C=O)cc1-c1ccccc1. The van der Waals surface area contributed by atoms with Crippen LogP contribution >= 0.6 is 11.3 Å². The van der Waals surface area contributed by atoms with Gasteiger partial charge in [-0.05, 0) is 11.6 Å². The van der Waals surface area contributed by atoms with E-state index in [0.717, 1.165) is 17.4 Å². The summed E-state index contributed by atoms with van der Waals surface area (Å²) < 4.78 is 0. The number of carbonyl (C=O) groups excluding carboxylic acids is 1. The van der Waals surface area contributed by atoms with Crippen molar-refractivity contribution in [3.8, 4) is 11.1 Å². The third-order valence-electron chi connectivity index (χ3n) is 1.98. The molecule has 3 heteroatoms. The molecule has 0 saturated carbocycles. The highest BCUT2D eigenvalue weighted by Gasteiger charge is 2.06. The highest BCUT2D eigenvalue weighted by molar-refractivity contribution is 7.18. The van der Waals surface area contributed by atoms with E-state index in [9.17, 15) is 4.79 Å². The van der Waals surface area contributed by atoms with Gasteiger partial charge in [-0.2, -0.15) is 0 Å². The molecule has 2 N–H and O–H groups in total. The van der Waals surface area contributed by atoms with Gasteiger partial charge in [0.15, 0.2) is 6.29 Å². The third-order valence-corrected chi connectivity index (χ3v) is 2.87. The van der Waals surface area contributed by atoms with E-state index in [1.54, 1.807) is 0 Å². The van der Waals surface area contributed by atoms with Crippen LogP contribution in [-0.4, -0.2) is 6.29 Å². The molecule has 0 bridgehead atoms. The molecule has 0 amide bonds. The average Bonchev–Trinajstić information content (AvgIpc) is 2.61. The van der Waals surface area contributed by atoms with E-state index in [-0.39, 0.29) is 0 Å². The van der Waals surface area contributed by atoms with Crippen LogP contribution in [0.4, 0.5) is 5.00 Å². The Morgan fingerprint density at radius 2 is 1.93 bits per heavy atom. The predicted octanol–water partition coefficient (Wildman–Crippen LogP) is 2.81. The zero-order chi connectivity index (χ0) is 9.97. The average molecular weight is 203 g/mol. The Balaban J connectivity index is 2.51. The van der Waals surface area contributed by atoms with Crippen molar-refractivity contribution in [3.05, 3.63) is 41.3 Å². The van der Waals surface area contributed by atoms with Crippen LogP contribution in [0.3, 0.4) is 0 Å². The number of carbonyl (C=O) groups is 1. The van der Waals surface area contributed by atoms with E-state index >= 15 is 0 Å². The fourth-order valence-electron chi connectivity index (χ4n) is 1.33. The van der Waals surface area contributed by atoms with Crippen molar-refractivity contribution in [2.24, 2.45) is 0 Å². The van der Waals surface area contributed by atoms with Gasteiger partial charge >= 0.3 is 0 Å². The van der Waals surface area contributed by atoms with Crippen molar-refractivity contribution in [2.75, 3.05) is 5.73 Å². The highest BCUT2D eigenvalue weighted by Crippen LogP contribution is 2.32. The molecule has 0 aliphatic rings. The van der Waals surface area contributed by atoms with Gasteiger partial charge in [-0.3, -0.25) is 4.79 Å². The molecule has 0 atom stereocenters. The molecule has 0 fully saturated rings. The fraction of sp³-hybridized carbons (Fsp3) is 0. The summed E-state index contributed by atoms with van der Waals surface area (Å²) >= 11 is 1.32. The van der Waals surface area contributed by atoms with Crippen LogP contribution < -0.4 is 5.73 Å². The van der Waals surface area contributed by atoms with Crippen molar-refractivity contribution in [2.45, 2.75) is 0 Å². The molecule has 0 saturated heterocycles. The van der Waals surface area contributed by atoms with Crippen LogP contribution in [0.15, 0.2) is 36.4 Å². The van der Waals surface area contributed by atoms with E-state index in [4.69, 9.17) is 5.73 Å². The summed E-state index contributed by atoms with van der Waals surface area (Å²) in [6, 6.07) is 11.6. The maximum atomic E-state index is 10.6. The number of anilines is 1. The zero-order valence-electron chi connectivity index (χ0n) is 7.44. The highest BCUT2D eigenvalue weighted by atomic mass is 32.1. The summed E-state index contributed by atoms with van der Waals surface area (Å²) in [4.78, 5) is 11.2. The van der Waals surface area contributed by atoms with E-state index in [2.05, 4.69) is 0 Å². The summed E-state index contributed by atoms with van der Waals surface area (Å²) in [7, 11) is 0. The second-order valence-electron chi connectivity index (χ2n) is 2.91. The second kappa shape index (κ2) is 3.64. The van der Waals surface area contributed by atoms with Gasteiger partial charge in [-0.15, -0.1) is 11.3 Å². The summed E-state index contributed by atoms with van der Waals surface area (Å²) in [5, 5.41) is 0.693. The number of hydrogen-bond acceptors (Lipinski definition) is 3. The number of rotatable bonds is 2. The maximum Gasteiger partial charge on any atom is 0.160 e. The van der Waals surface area contributed by atoms with Crippen molar-refractivity contribution in [3.63, 3.8) is 0 Å². The minimum atomic E-state index is 0.668. The summed E-state index contributed by atoms with van der Waals surface area (Å²) in [6.45, 7) is 0. The lowest BCUT2D eigenvalue weighted by Gasteiger charge is -1.97. The standard InChI is InChI=1S/C11H9NOS/c12-11-10(6-9(7-13)14-11)8-4-2-1-3-5-8/h1-7H,12H2. The topological polar surface area (TPSA) is 43.1 Å². The third kappa shape index (κ3) is 1.54. The number of nitrogen functional groups attached to an aromatic ring is 1. The van der Waals surface area contributed by atoms with Crippen molar-refractivity contribution < 1.29 is 4.79 Å². The number of thiophene rings is 1. The lowest BCUT2D eigenvalue weighted by atomic mass is 10.1. The van der Waals surface area contributed by atoms with Gasteiger partial charge in [0.1, 0.15) is 0 Å². The second-order valence-corrected chi connectivity index (χ2v) is 4.03. The van der Waals surface area contributed by atoms with Crippen LogP contribution in [0.5, 0.6) is 0 Å². The van der Waals surface area contributed by atoms with Gasteiger partial charge in [0.2, 0.25) is 0 Å². The Morgan fingerprint density at radius 3 is 2.50 bits per heavy atom. The Bertz CT molecular complexity index is 448. The van der Waals surface area contributed by atoms with Crippen LogP contribution in [0.2, 0.25) is 0 Å². The summed E-state index contributed by atoms with van der Waals surface area (Å²) in [5.41, 5.74) is 7.80. The molecule has 2 nitrogen and oxygen atoms in total. The van der Waals surface area contributed by atoms with Gasteiger partial charge in [-0.25, -0.2) is 0 Å². The molecule has 1 aromatic heterocycles. The Morgan fingerprint density at radius 1 is 1.21 bits per heavy atom. The lowest BCUT2D eigenvalue weighted by molar-refractivity contribution is 0.112. The minimum absolute atomic E-state index is 0.668. The monoisotopic (exact) mass is 203 g/mol. The zero-order valence-corrected chi connectivity index (χ0v) is 8.25. The quantitative estimate of drug-likeness (QED) is 0.763. The fourth-order valence-corrected chi connectivity index (χ4v) is 2.09. The molecule has 0 unspecified atom stereocenters. The number of nitrogens with two attached hydrogens (primary N) is 1. The first kappa shape index (κ1) is 8.97. The van der Waals surface area contributed by atoms with Crippen molar-refractivity contribution in [1.82, 2.24) is 0 Å². The minimum Gasteiger partial charge on any atom is -0.390 e. The van der Waals surface area contributed by atoms with Crippen LogP contribution in [0.25, 0.3) is 11.1 Å². The lowest BCUT2D eigenvalue weighted by Crippen LogP contribution is -1.82. The van der Waals surface area contributed by atoms with Gasteiger partial charge < -0.3 is 5.73 Å². The van der Waals surface area contributed by atoms with Crippen molar-refractivity contribution >= 4 is 22.6 Å². The predicted molar refractivity (Wildman–Crippen MR) is 59.6 cm³/mol. The largest absolute Gasteiger partial charge is 0.390 e. The Hall–Kier alpha value is -1.61. The molecule has 1 aromatic carbocycles. The molecular weight excluding hydrogens is 194 g/mol. The van der Waals surface area contributed by atoms with Crippen molar-refractivity contribution in [1.29, 1.82) is 0 Å². The van der Waals surface area contributed by atoms with E-state index in [1.165, 1.54) is 11.3 Å². The maximum absolute atomic E-state index is 10.6. The Labute approximate surface area is 86.0 Å². The number of hydrogen-bond donors (Lipinski definition) is 1. The molecule has 0 aliphatic heterocycles. The van der Waals surface area contributed by atoms with Gasteiger partial charge in [0, 0.05) is 5.56 Å². The summed E-state index contributed by atoms with van der Waals surface area (Å²) in [6.07, 6.45) is 0.827. The van der Waals surface area contributed by atoms with E-state index < -0.39 is 0 Å². The molecular formula is C11H9NOS. The van der Waals surface area contributed by atoms with Crippen LogP contribution in [-0.2, 0) is 0 Å². The van der Waals surface area contributed by atoms with Gasteiger partial charge in [-0.1, -0.05) is 30.3 Å². The Kier molecular flexibility index (Phi) is 2.33. The van der Waals surface area contributed by atoms with Gasteiger partial charge in [0.25, 0.3) is 0 Å². The first-order chi connectivity index (χ1) is 6.81. The molecule has 14 heavy (non-hydrogen) atoms. The molecule has 1 heterocycles. The molecule has 0 radical (unpaired) electrons. The first-order valence-corrected chi connectivity index (χ1v) is 5.03. The first-order valence-electron chi connectivity index (χ1n) is 4.21. The molecule has 2 aromatic rings. The molecule has 2 rings (SSSR count). The van der Waals surface area contributed by atoms with Crippen LogP contribution in [0.1, 0.15) is 9.67 Å².